The number of likely N-dealkylation sites (N-methyl/N-ethyl adjacent to an activating group) is 1. The third-order valence-electron chi connectivity index (χ3n) is 2.35. The summed E-state index contributed by atoms with van der Waals surface area (Å²) in [5, 5.41) is 8.73. The zero-order valence-electron chi connectivity index (χ0n) is 8.36. The summed E-state index contributed by atoms with van der Waals surface area (Å²) in [7, 11) is 0. The molecule has 0 saturated heterocycles. The predicted molar refractivity (Wildman–Crippen MR) is 54.7 cm³/mol. The van der Waals surface area contributed by atoms with E-state index in [-0.39, 0.29) is 12.5 Å². The van der Waals surface area contributed by atoms with Gasteiger partial charge in [-0.3, -0.25) is 4.79 Å². The third kappa shape index (κ3) is 1.52. The molecule has 0 radical (unpaired) electrons. The molecule has 0 aromatic heterocycles. The van der Waals surface area contributed by atoms with Gasteiger partial charge in [0.2, 0.25) is 0 Å². The predicted octanol–water partition coefficient (Wildman–Crippen LogP) is 1.30. The summed E-state index contributed by atoms with van der Waals surface area (Å²) in [6.45, 7) is 2.57. The van der Waals surface area contributed by atoms with Gasteiger partial charge in [0.05, 0.1) is 17.3 Å². The van der Waals surface area contributed by atoms with Gasteiger partial charge in [0.1, 0.15) is 5.75 Å². The Hall–Kier alpha value is -2.02. The van der Waals surface area contributed by atoms with Crippen molar-refractivity contribution in [3.63, 3.8) is 0 Å². The molecule has 4 heteroatoms. The van der Waals surface area contributed by atoms with E-state index < -0.39 is 0 Å². The molecule has 0 aliphatic carbocycles. The van der Waals surface area contributed by atoms with E-state index in [1.165, 1.54) is 0 Å². The number of fused-ring (bicyclic) bond motifs is 1. The molecule has 0 fully saturated rings. The lowest BCUT2D eigenvalue weighted by Crippen LogP contribution is -2.38. The summed E-state index contributed by atoms with van der Waals surface area (Å²) in [5.41, 5.74) is 1.28. The molecule has 76 valence electrons. The first kappa shape index (κ1) is 9.53. The van der Waals surface area contributed by atoms with Crippen LogP contribution in [-0.4, -0.2) is 19.1 Å². The number of ether oxygens (including phenoxy) is 1. The Labute approximate surface area is 87.7 Å². The number of hydrogen-bond donors (Lipinski definition) is 0. The molecule has 0 unspecified atom stereocenters. The maximum Gasteiger partial charge on any atom is 0.265 e. The lowest BCUT2D eigenvalue weighted by Gasteiger charge is -2.28. The summed E-state index contributed by atoms with van der Waals surface area (Å²) < 4.78 is 5.27. The van der Waals surface area contributed by atoms with Crippen molar-refractivity contribution < 1.29 is 9.53 Å². The van der Waals surface area contributed by atoms with E-state index in [2.05, 4.69) is 0 Å². The van der Waals surface area contributed by atoms with Crippen LogP contribution in [0.3, 0.4) is 0 Å². The summed E-state index contributed by atoms with van der Waals surface area (Å²) in [6, 6.07) is 7.12. The highest BCUT2D eigenvalue weighted by Gasteiger charge is 2.23. The van der Waals surface area contributed by atoms with Gasteiger partial charge in [0.25, 0.3) is 5.91 Å². The molecule has 2 rings (SSSR count). The highest BCUT2D eigenvalue weighted by molar-refractivity contribution is 5.97. The Morgan fingerprint density at radius 1 is 1.60 bits per heavy atom. The van der Waals surface area contributed by atoms with Crippen LogP contribution in [0.15, 0.2) is 18.2 Å². The molecular weight excluding hydrogens is 192 g/mol. The number of nitriles is 1. The van der Waals surface area contributed by atoms with Crippen molar-refractivity contribution in [2.45, 2.75) is 6.92 Å². The normalized spacial score (nSPS) is 14.1. The molecular formula is C11H10N2O2. The van der Waals surface area contributed by atoms with Crippen molar-refractivity contribution in [1.29, 1.82) is 5.26 Å². The van der Waals surface area contributed by atoms with Crippen LogP contribution in [0.4, 0.5) is 5.69 Å². The highest BCUT2D eigenvalue weighted by atomic mass is 16.5. The van der Waals surface area contributed by atoms with Crippen LogP contribution in [-0.2, 0) is 4.79 Å². The largest absolute Gasteiger partial charge is 0.482 e. The molecule has 15 heavy (non-hydrogen) atoms. The van der Waals surface area contributed by atoms with Crippen molar-refractivity contribution in [2.75, 3.05) is 18.1 Å². The molecule has 0 saturated carbocycles. The van der Waals surface area contributed by atoms with E-state index in [9.17, 15) is 4.79 Å². The van der Waals surface area contributed by atoms with Crippen molar-refractivity contribution in [3.05, 3.63) is 23.8 Å². The van der Waals surface area contributed by atoms with Crippen LogP contribution in [0, 0.1) is 11.3 Å². The van der Waals surface area contributed by atoms with Gasteiger partial charge in [0.15, 0.2) is 6.61 Å². The Morgan fingerprint density at radius 2 is 2.40 bits per heavy atom. The van der Waals surface area contributed by atoms with Crippen LogP contribution in [0.1, 0.15) is 12.5 Å². The second kappa shape index (κ2) is 3.62. The van der Waals surface area contributed by atoms with Gasteiger partial charge in [-0.15, -0.1) is 0 Å². The van der Waals surface area contributed by atoms with Gasteiger partial charge in [-0.2, -0.15) is 5.26 Å². The summed E-state index contributed by atoms with van der Waals surface area (Å²) in [4.78, 5) is 13.1. The van der Waals surface area contributed by atoms with E-state index in [0.29, 0.717) is 17.9 Å². The SMILES string of the molecule is CCN1C(=O)COc2cc(C#N)ccc21. The Bertz CT molecular complexity index is 448. The van der Waals surface area contributed by atoms with Gasteiger partial charge in [-0.05, 0) is 19.1 Å². The molecule has 0 atom stereocenters. The quantitative estimate of drug-likeness (QED) is 0.689. The van der Waals surface area contributed by atoms with Gasteiger partial charge >= 0.3 is 0 Å². The van der Waals surface area contributed by atoms with E-state index in [0.717, 1.165) is 5.69 Å². The van der Waals surface area contributed by atoms with Crippen molar-refractivity contribution in [1.82, 2.24) is 0 Å². The average Bonchev–Trinajstić information content (AvgIpc) is 2.28. The highest BCUT2D eigenvalue weighted by Crippen LogP contribution is 2.32. The number of anilines is 1. The Kier molecular flexibility index (Phi) is 2.30. The van der Waals surface area contributed by atoms with Gasteiger partial charge < -0.3 is 9.64 Å². The van der Waals surface area contributed by atoms with Gasteiger partial charge in [0, 0.05) is 12.6 Å². The van der Waals surface area contributed by atoms with E-state index in [1.807, 2.05) is 13.0 Å². The zero-order chi connectivity index (χ0) is 10.8. The zero-order valence-corrected chi connectivity index (χ0v) is 8.36. The van der Waals surface area contributed by atoms with Crippen molar-refractivity contribution in [3.8, 4) is 11.8 Å². The molecule has 1 aromatic rings. The number of hydrogen-bond acceptors (Lipinski definition) is 3. The van der Waals surface area contributed by atoms with Crippen LogP contribution in [0.5, 0.6) is 5.75 Å². The number of nitrogens with zero attached hydrogens (tertiary/aromatic N) is 2. The first-order valence-electron chi connectivity index (χ1n) is 4.73. The lowest BCUT2D eigenvalue weighted by atomic mass is 10.1. The first-order valence-corrected chi connectivity index (χ1v) is 4.73. The fourth-order valence-electron chi connectivity index (χ4n) is 1.62. The second-order valence-electron chi connectivity index (χ2n) is 3.22. The number of carbonyl (C=O) groups excluding carboxylic acids is 1. The Morgan fingerprint density at radius 3 is 3.07 bits per heavy atom. The number of rotatable bonds is 1. The molecule has 0 bridgehead atoms. The lowest BCUT2D eigenvalue weighted by molar-refractivity contribution is -0.121. The summed E-state index contributed by atoms with van der Waals surface area (Å²) >= 11 is 0. The molecule has 1 heterocycles. The maximum absolute atomic E-state index is 11.5. The maximum atomic E-state index is 11.5. The molecule has 1 amide bonds. The number of carbonyl (C=O) groups is 1. The monoisotopic (exact) mass is 202 g/mol. The minimum absolute atomic E-state index is 0.0466. The van der Waals surface area contributed by atoms with Crippen LogP contribution < -0.4 is 9.64 Å². The first-order chi connectivity index (χ1) is 7.26. The fraction of sp³-hybridized carbons (Fsp3) is 0.273. The molecule has 0 N–H and O–H groups in total. The van der Waals surface area contributed by atoms with E-state index in [4.69, 9.17) is 10.00 Å². The molecule has 4 nitrogen and oxygen atoms in total. The molecule has 1 aromatic carbocycles. The minimum Gasteiger partial charge on any atom is -0.482 e. The Balaban J connectivity index is 2.48. The number of amides is 1. The van der Waals surface area contributed by atoms with Crippen LogP contribution >= 0.6 is 0 Å². The third-order valence-corrected chi connectivity index (χ3v) is 2.35. The van der Waals surface area contributed by atoms with Crippen molar-refractivity contribution in [2.24, 2.45) is 0 Å². The van der Waals surface area contributed by atoms with Gasteiger partial charge in [-0.1, -0.05) is 0 Å². The second-order valence-corrected chi connectivity index (χ2v) is 3.22. The van der Waals surface area contributed by atoms with E-state index >= 15 is 0 Å². The smallest absolute Gasteiger partial charge is 0.265 e. The minimum atomic E-state index is -0.0466. The van der Waals surface area contributed by atoms with E-state index in [1.54, 1.807) is 23.1 Å². The van der Waals surface area contributed by atoms with Crippen LogP contribution in [0.25, 0.3) is 0 Å². The number of benzene rings is 1. The summed E-state index contributed by atoms with van der Waals surface area (Å²) in [6.07, 6.45) is 0. The fourth-order valence-corrected chi connectivity index (χ4v) is 1.62. The summed E-state index contributed by atoms with van der Waals surface area (Å²) in [5.74, 6) is 0.560. The standard InChI is InChI=1S/C11H10N2O2/c1-2-13-9-4-3-8(6-12)5-10(9)15-7-11(13)14/h3-5H,2,7H2,1H3. The molecule has 1 aliphatic heterocycles. The van der Waals surface area contributed by atoms with Crippen molar-refractivity contribution >= 4 is 11.6 Å². The van der Waals surface area contributed by atoms with Gasteiger partial charge in [-0.25, -0.2) is 0 Å². The molecule has 1 aliphatic rings. The topological polar surface area (TPSA) is 53.3 Å². The average molecular weight is 202 g/mol. The molecule has 0 spiro atoms. The van der Waals surface area contributed by atoms with Crippen LogP contribution in [0.2, 0.25) is 0 Å².